The molecule has 0 aliphatic carbocycles. The van der Waals surface area contributed by atoms with Gasteiger partial charge in [-0.15, -0.1) is 0 Å². The van der Waals surface area contributed by atoms with E-state index < -0.39 is 0 Å². The SMILES string of the molecule is CC(=O)OCCCNc1cccc(I)c1N. The van der Waals surface area contributed by atoms with Gasteiger partial charge >= 0.3 is 5.97 Å². The fourth-order valence-corrected chi connectivity index (χ4v) is 1.70. The van der Waals surface area contributed by atoms with Crippen LogP contribution in [0.15, 0.2) is 18.2 Å². The van der Waals surface area contributed by atoms with Gasteiger partial charge < -0.3 is 15.8 Å². The van der Waals surface area contributed by atoms with Crippen molar-refractivity contribution in [1.29, 1.82) is 0 Å². The first-order valence-corrected chi connectivity index (χ1v) is 6.10. The summed E-state index contributed by atoms with van der Waals surface area (Å²) in [6, 6.07) is 5.84. The second-order valence-corrected chi connectivity index (χ2v) is 4.48. The first-order chi connectivity index (χ1) is 7.61. The van der Waals surface area contributed by atoms with Gasteiger partial charge in [-0.1, -0.05) is 6.07 Å². The maximum Gasteiger partial charge on any atom is 0.302 e. The number of hydrogen-bond acceptors (Lipinski definition) is 4. The lowest BCUT2D eigenvalue weighted by atomic mass is 10.2. The first-order valence-electron chi connectivity index (χ1n) is 5.02. The summed E-state index contributed by atoms with van der Waals surface area (Å²) < 4.78 is 5.85. The topological polar surface area (TPSA) is 64.3 Å². The summed E-state index contributed by atoms with van der Waals surface area (Å²) in [5.41, 5.74) is 7.58. The lowest BCUT2D eigenvalue weighted by Gasteiger charge is -2.10. The molecule has 0 atom stereocenters. The van der Waals surface area contributed by atoms with Crippen LogP contribution < -0.4 is 11.1 Å². The van der Waals surface area contributed by atoms with Crippen molar-refractivity contribution in [2.45, 2.75) is 13.3 Å². The summed E-state index contributed by atoms with van der Waals surface area (Å²) in [4.78, 5) is 10.5. The Morgan fingerprint density at radius 1 is 1.56 bits per heavy atom. The Morgan fingerprint density at radius 3 is 3.00 bits per heavy atom. The van der Waals surface area contributed by atoms with Crippen molar-refractivity contribution in [2.75, 3.05) is 24.2 Å². The number of carbonyl (C=O) groups is 1. The van der Waals surface area contributed by atoms with Crippen LogP contribution in [0.2, 0.25) is 0 Å². The number of nitrogens with one attached hydrogen (secondary N) is 1. The summed E-state index contributed by atoms with van der Waals surface area (Å²) in [5.74, 6) is -0.242. The van der Waals surface area contributed by atoms with Crippen molar-refractivity contribution in [1.82, 2.24) is 0 Å². The molecular formula is C11H15IN2O2. The van der Waals surface area contributed by atoms with E-state index in [4.69, 9.17) is 10.5 Å². The number of para-hydroxylation sites is 1. The highest BCUT2D eigenvalue weighted by atomic mass is 127. The first kappa shape index (κ1) is 13.1. The molecule has 0 aliphatic heterocycles. The third-order valence-corrected chi connectivity index (χ3v) is 2.94. The molecule has 3 N–H and O–H groups in total. The van der Waals surface area contributed by atoms with E-state index in [0.717, 1.165) is 27.9 Å². The summed E-state index contributed by atoms with van der Waals surface area (Å²) in [6.45, 7) is 2.58. The molecule has 0 bridgehead atoms. The second-order valence-electron chi connectivity index (χ2n) is 3.32. The van der Waals surface area contributed by atoms with Crippen molar-refractivity contribution in [3.05, 3.63) is 21.8 Å². The maximum atomic E-state index is 10.5. The van der Waals surface area contributed by atoms with Gasteiger partial charge in [0.1, 0.15) is 0 Å². The third-order valence-electron chi connectivity index (χ3n) is 1.99. The van der Waals surface area contributed by atoms with Crippen molar-refractivity contribution in [3.8, 4) is 0 Å². The number of halogens is 1. The van der Waals surface area contributed by atoms with Crippen LogP contribution in [0.1, 0.15) is 13.3 Å². The van der Waals surface area contributed by atoms with E-state index in [1.807, 2.05) is 18.2 Å². The maximum absolute atomic E-state index is 10.5. The Hall–Kier alpha value is -0.980. The van der Waals surface area contributed by atoms with Gasteiger partial charge in [0.2, 0.25) is 0 Å². The minimum Gasteiger partial charge on any atom is -0.466 e. The quantitative estimate of drug-likeness (QED) is 0.375. The number of nitrogens with two attached hydrogens (primary N) is 1. The molecule has 88 valence electrons. The second kappa shape index (κ2) is 6.57. The fraction of sp³-hybridized carbons (Fsp3) is 0.364. The van der Waals surface area contributed by atoms with E-state index >= 15 is 0 Å². The zero-order valence-electron chi connectivity index (χ0n) is 9.13. The van der Waals surface area contributed by atoms with E-state index in [1.165, 1.54) is 6.92 Å². The van der Waals surface area contributed by atoms with Gasteiger partial charge in [0, 0.05) is 17.0 Å². The number of carbonyl (C=O) groups excluding carboxylic acids is 1. The average molecular weight is 334 g/mol. The van der Waals surface area contributed by atoms with E-state index in [2.05, 4.69) is 27.9 Å². The Kier molecular flexibility index (Phi) is 5.37. The van der Waals surface area contributed by atoms with Gasteiger partial charge in [0.25, 0.3) is 0 Å². The van der Waals surface area contributed by atoms with Gasteiger partial charge in [0.15, 0.2) is 0 Å². The standard InChI is InChI=1S/C11H15IN2O2/c1-8(15)16-7-3-6-14-10-5-2-4-9(12)11(10)13/h2,4-5,14H,3,6-7,13H2,1H3. The Morgan fingerprint density at radius 2 is 2.31 bits per heavy atom. The van der Waals surface area contributed by atoms with Crippen LogP contribution in [0.4, 0.5) is 11.4 Å². The normalized spacial score (nSPS) is 9.88. The monoisotopic (exact) mass is 334 g/mol. The number of ether oxygens (including phenoxy) is 1. The smallest absolute Gasteiger partial charge is 0.302 e. The highest BCUT2D eigenvalue weighted by molar-refractivity contribution is 14.1. The zero-order chi connectivity index (χ0) is 12.0. The van der Waals surface area contributed by atoms with E-state index in [0.29, 0.717) is 6.61 Å². The summed E-state index contributed by atoms with van der Waals surface area (Å²) >= 11 is 2.19. The van der Waals surface area contributed by atoms with E-state index in [1.54, 1.807) is 0 Å². The van der Waals surface area contributed by atoms with Crippen LogP contribution in [0.3, 0.4) is 0 Å². The van der Waals surface area contributed by atoms with Crippen LogP contribution >= 0.6 is 22.6 Å². The van der Waals surface area contributed by atoms with Crippen LogP contribution in [0, 0.1) is 3.57 Å². The molecule has 1 aromatic rings. The average Bonchev–Trinajstić information content (AvgIpc) is 2.23. The minimum absolute atomic E-state index is 0.242. The Balaban J connectivity index is 2.32. The molecule has 0 spiro atoms. The molecule has 0 saturated heterocycles. The lowest BCUT2D eigenvalue weighted by Crippen LogP contribution is -2.09. The molecule has 1 rings (SSSR count). The summed E-state index contributed by atoms with van der Waals surface area (Å²) in [5, 5.41) is 3.21. The molecular weight excluding hydrogens is 319 g/mol. The predicted octanol–water partition coefficient (Wildman–Crippen LogP) is 2.24. The van der Waals surface area contributed by atoms with Crippen molar-refractivity contribution in [3.63, 3.8) is 0 Å². The number of benzene rings is 1. The Labute approximate surface area is 109 Å². The molecule has 0 saturated carbocycles. The van der Waals surface area contributed by atoms with Gasteiger partial charge in [0.05, 0.1) is 18.0 Å². The zero-order valence-corrected chi connectivity index (χ0v) is 11.3. The summed E-state index contributed by atoms with van der Waals surface area (Å²) in [6.07, 6.45) is 0.768. The summed E-state index contributed by atoms with van der Waals surface area (Å²) in [7, 11) is 0. The van der Waals surface area contributed by atoms with Gasteiger partial charge in [-0.2, -0.15) is 0 Å². The number of rotatable bonds is 5. The molecule has 0 heterocycles. The van der Waals surface area contributed by atoms with Crippen LogP contribution in [0.5, 0.6) is 0 Å². The van der Waals surface area contributed by atoms with E-state index in [-0.39, 0.29) is 5.97 Å². The van der Waals surface area contributed by atoms with Crippen molar-refractivity contribution in [2.24, 2.45) is 0 Å². The van der Waals surface area contributed by atoms with Crippen molar-refractivity contribution < 1.29 is 9.53 Å². The number of hydrogen-bond donors (Lipinski definition) is 2. The molecule has 5 heteroatoms. The van der Waals surface area contributed by atoms with Crippen molar-refractivity contribution >= 4 is 39.9 Å². The van der Waals surface area contributed by atoms with Crippen LogP contribution in [-0.2, 0) is 9.53 Å². The highest BCUT2D eigenvalue weighted by Crippen LogP contribution is 2.23. The predicted molar refractivity (Wildman–Crippen MR) is 73.3 cm³/mol. The third kappa shape index (κ3) is 4.26. The van der Waals surface area contributed by atoms with Gasteiger partial charge in [-0.05, 0) is 41.1 Å². The Bertz CT molecular complexity index is 369. The molecule has 0 aliphatic rings. The molecule has 0 aromatic heterocycles. The minimum atomic E-state index is -0.242. The molecule has 0 radical (unpaired) electrons. The van der Waals surface area contributed by atoms with Crippen LogP contribution in [-0.4, -0.2) is 19.1 Å². The fourth-order valence-electron chi connectivity index (χ4n) is 1.20. The van der Waals surface area contributed by atoms with E-state index in [9.17, 15) is 4.79 Å². The molecule has 4 nitrogen and oxygen atoms in total. The molecule has 1 aromatic carbocycles. The van der Waals surface area contributed by atoms with Crippen LogP contribution in [0.25, 0.3) is 0 Å². The number of esters is 1. The molecule has 0 unspecified atom stereocenters. The highest BCUT2D eigenvalue weighted by Gasteiger charge is 2.01. The largest absolute Gasteiger partial charge is 0.466 e. The number of nitrogen functional groups attached to an aromatic ring is 1. The molecule has 16 heavy (non-hydrogen) atoms. The number of anilines is 2. The molecule has 0 amide bonds. The lowest BCUT2D eigenvalue weighted by molar-refractivity contribution is -0.140. The van der Waals surface area contributed by atoms with Gasteiger partial charge in [-0.25, -0.2) is 0 Å². The molecule has 0 fully saturated rings. The van der Waals surface area contributed by atoms with Gasteiger partial charge in [-0.3, -0.25) is 4.79 Å².